The molecular formula is C22H35NO3. The van der Waals surface area contributed by atoms with Crippen molar-refractivity contribution in [3.8, 4) is 5.75 Å². The fourth-order valence-corrected chi connectivity index (χ4v) is 3.19. The average Bonchev–Trinajstić information content (AvgIpc) is 2.63. The Balaban J connectivity index is 1.61. The van der Waals surface area contributed by atoms with Crippen LogP contribution in [-0.4, -0.2) is 44.2 Å². The van der Waals surface area contributed by atoms with Gasteiger partial charge in [-0.3, -0.25) is 4.79 Å². The van der Waals surface area contributed by atoms with E-state index in [2.05, 4.69) is 32.9 Å². The van der Waals surface area contributed by atoms with Crippen molar-refractivity contribution >= 4 is 5.91 Å². The highest BCUT2D eigenvalue weighted by Crippen LogP contribution is 2.24. The molecule has 1 heterocycles. The molecule has 1 aliphatic rings. The maximum absolute atomic E-state index is 12.2. The lowest BCUT2D eigenvalue weighted by Crippen LogP contribution is -2.30. The second kappa shape index (κ2) is 9.96. The highest BCUT2D eigenvalue weighted by atomic mass is 16.5. The molecule has 0 atom stereocenters. The summed E-state index contributed by atoms with van der Waals surface area (Å²) in [6.45, 7) is 9.77. The summed E-state index contributed by atoms with van der Waals surface area (Å²) in [5.41, 5.74) is 1.45. The van der Waals surface area contributed by atoms with E-state index in [0.717, 1.165) is 51.2 Å². The molecule has 0 N–H and O–H groups in total. The molecule has 26 heavy (non-hydrogen) atoms. The number of ether oxygens (including phenoxy) is 2. The van der Waals surface area contributed by atoms with Crippen LogP contribution in [-0.2, 0) is 14.9 Å². The van der Waals surface area contributed by atoms with Gasteiger partial charge in [-0.05, 0) is 54.7 Å². The topological polar surface area (TPSA) is 38.8 Å². The standard InChI is InChI=1S/C22H35NO3/c1-22(2,3)19-7-9-20(10-8-19)26-15-5-6-21(24)23(4)14-11-18-12-16-25-17-13-18/h7-10,18H,5-6,11-17H2,1-4H3. The van der Waals surface area contributed by atoms with E-state index in [1.54, 1.807) is 0 Å². The van der Waals surface area contributed by atoms with Gasteiger partial charge in [0.15, 0.2) is 0 Å². The molecule has 4 nitrogen and oxygen atoms in total. The van der Waals surface area contributed by atoms with Crippen molar-refractivity contribution in [2.75, 3.05) is 33.4 Å². The molecule has 0 unspecified atom stereocenters. The SMILES string of the molecule is CN(CCC1CCOCC1)C(=O)CCCOc1ccc(C(C)(C)C)cc1. The Morgan fingerprint density at radius 1 is 1.19 bits per heavy atom. The minimum atomic E-state index is 0.153. The largest absolute Gasteiger partial charge is 0.494 e. The van der Waals surface area contributed by atoms with Crippen molar-refractivity contribution in [1.82, 2.24) is 4.90 Å². The summed E-state index contributed by atoms with van der Waals surface area (Å²) in [5, 5.41) is 0. The molecule has 1 aliphatic heterocycles. The zero-order valence-electron chi connectivity index (χ0n) is 16.9. The van der Waals surface area contributed by atoms with E-state index in [-0.39, 0.29) is 11.3 Å². The maximum atomic E-state index is 12.2. The molecule has 0 radical (unpaired) electrons. The van der Waals surface area contributed by atoms with Gasteiger partial charge in [-0.2, -0.15) is 0 Å². The second-order valence-corrected chi connectivity index (χ2v) is 8.39. The number of carbonyl (C=O) groups excluding carboxylic acids is 1. The van der Waals surface area contributed by atoms with Crippen LogP contribution in [0.1, 0.15) is 58.4 Å². The molecule has 4 heteroatoms. The molecule has 1 aromatic rings. The van der Waals surface area contributed by atoms with Gasteiger partial charge in [0.2, 0.25) is 5.91 Å². The van der Waals surface area contributed by atoms with E-state index in [1.165, 1.54) is 5.56 Å². The van der Waals surface area contributed by atoms with E-state index in [4.69, 9.17) is 9.47 Å². The van der Waals surface area contributed by atoms with Crippen LogP contribution in [0.4, 0.5) is 0 Å². The molecule has 0 bridgehead atoms. The first-order chi connectivity index (χ1) is 12.4. The van der Waals surface area contributed by atoms with Gasteiger partial charge in [0, 0.05) is 33.2 Å². The summed E-state index contributed by atoms with van der Waals surface area (Å²) in [5.74, 6) is 1.79. The summed E-state index contributed by atoms with van der Waals surface area (Å²) in [6.07, 6.45) is 4.64. The molecule has 0 aromatic heterocycles. The minimum absolute atomic E-state index is 0.153. The zero-order chi connectivity index (χ0) is 19.0. The van der Waals surface area contributed by atoms with E-state index in [9.17, 15) is 4.79 Å². The van der Waals surface area contributed by atoms with Gasteiger partial charge in [0.25, 0.3) is 0 Å². The molecule has 1 amide bonds. The lowest BCUT2D eigenvalue weighted by Gasteiger charge is -2.25. The smallest absolute Gasteiger partial charge is 0.222 e. The Morgan fingerprint density at radius 2 is 1.85 bits per heavy atom. The normalized spacial score (nSPS) is 15.7. The van der Waals surface area contributed by atoms with E-state index >= 15 is 0 Å². The molecule has 0 aliphatic carbocycles. The van der Waals surface area contributed by atoms with Gasteiger partial charge < -0.3 is 14.4 Å². The fourth-order valence-electron chi connectivity index (χ4n) is 3.19. The number of carbonyl (C=O) groups is 1. The molecule has 1 saturated heterocycles. The molecule has 0 saturated carbocycles. The quantitative estimate of drug-likeness (QED) is 0.644. The van der Waals surface area contributed by atoms with Crippen LogP contribution in [0.25, 0.3) is 0 Å². The number of amides is 1. The van der Waals surface area contributed by atoms with Crippen LogP contribution in [0.3, 0.4) is 0 Å². The van der Waals surface area contributed by atoms with E-state index < -0.39 is 0 Å². The van der Waals surface area contributed by atoms with E-state index in [1.807, 2.05) is 24.1 Å². The summed E-state index contributed by atoms with van der Waals surface area (Å²) < 4.78 is 11.2. The molecular weight excluding hydrogens is 326 g/mol. The highest BCUT2D eigenvalue weighted by Gasteiger charge is 2.16. The van der Waals surface area contributed by atoms with Crippen molar-refractivity contribution in [2.24, 2.45) is 5.92 Å². The molecule has 146 valence electrons. The third-order valence-corrected chi connectivity index (χ3v) is 5.16. The maximum Gasteiger partial charge on any atom is 0.222 e. The highest BCUT2D eigenvalue weighted by molar-refractivity contribution is 5.75. The van der Waals surface area contributed by atoms with Crippen LogP contribution in [0.5, 0.6) is 5.75 Å². The number of rotatable bonds is 8. The summed E-state index contributed by atoms with van der Waals surface area (Å²) in [6, 6.07) is 8.26. The minimum Gasteiger partial charge on any atom is -0.494 e. The Labute approximate surface area is 158 Å². The third kappa shape index (κ3) is 6.99. The first-order valence-corrected chi connectivity index (χ1v) is 9.91. The monoisotopic (exact) mass is 361 g/mol. The predicted molar refractivity (Wildman–Crippen MR) is 106 cm³/mol. The number of benzene rings is 1. The Hall–Kier alpha value is -1.55. The fraction of sp³-hybridized carbons (Fsp3) is 0.682. The zero-order valence-corrected chi connectivity index (χ0v) is 16.9. The van der Waals surface area contributed by atoms with Crippen molar-refractivity contribution in [2.45, 2.75) is 58.3 Å². The lowest BCUT2D eigenvalue weighted by molar-refractivity contribution is -0.130. The number of nitrogens with zero attached hydrogens (tertiary/aromatic N) is 1. The summed E-state index contributed by atoms with van der Waals surface area (Å²) in [4.78, 5) is 14.1. The summed E-state index contributed by atoms with van der Waals surface area (Å²) in [7, 11) is 1.91. The first-order valence-electron chi connectivity index (χ1n) is 9.91. The van der Waals surface area contributed by atoms with Crippen molar-refractivity contribution < 1.29 is 14.3 Å². The van der Waals surface area contributed by atoms with Crippen LogP contribution in [0.15, 0.2) is 24.3 Å². The summed E-state index contributed by atoms with van der Waals surface area (Å²) >= 11 is 0. The molecule has 1 aromatic carbocycles. The molecule has 0 spiro atoms. The van der Waals surface area contributed by atoms with Crippen LogP contribution < -0.4 is 4.74 Å². The average molecular weight is 362 g/mol. The molecule has 2 rings (SSSR count). The van der Waals surface area contributed by atoms with Crippen LogP contribution in [0, 0.1) is 5.92 Å². The Kier molecular flexibility index (Phi) is 7.95. The van der Waals surface area contributed by atoms with Crippen LogP contribution >= 0.6 is 0 Å². The van der Waals surface area contributed by atoms with Gasteiger partial charge >= 0.3 is 0 Å². The van der Waals surface area contributed by atoms with Crippen molar-refractivity contribution in [3.05, 3.63) is 29.8 Å². The third-order valence-electron chi connectivity index (χ3n) is 5.16. The predicted octanol–water partition coefficient (Wildman–Crippen LogP) is 4.42. The molecule has 1 fully saturated rings. The Morgan fingerprint density at radius 3 is 2.46 bits per heavy atom. The van der Waals surface area contributed by atoms with E-state index in [0.29, 0.717) is 18.9 Å². The Bertz CT molecular complexity index is 542. The van der Waals surface area contributed by atoms with Crippen molar-refractivity contribution in [3.63, 3.8) is 0 Å². The number of hydrogen-bond acceptors (Lipinski definition) is 3. The van der Waals surface area contributed by atoms with Gasteiger partial charge in [0.1, 0.15) is 5.75 Å². The van der Waals surface area contributed by atoms with Crippen LogP contribution in [0.2, 0.25) is 0 Å². The van der Waals surface area contributed by atoms with Gasteiger partial charge in [-0.15, -0.1) is 0 Å². The lowest BCUT2D eigenvalue weighted by atomic mass is 9.87. The van der Waals surface area contributed by atoms with Crippen molar-refractivity contribution in [1.29, 1.82) is 0 Å². The van der Waals surface area contributed by atoms with Gasteiger partial charge in [0.05, 0.1) is 6.61 Å². The number of hydrogen-bond donors (Lipinski definition) is 0. The first kappa shape index (κ1) is 20.8. The second-order valence-electron chi connectivity index (χ2n) is 8.39. The van der Waals surface area contributed by atoms with Gasteiger partial charge in [-0.25, -0.2) is 0 Å². The van der Waals surface area contributed by atoms with Gasteiger partial charge in [-0.1, -0.05) is 32.9 Å².